The Kier molecular flexibility index (Phi) is 7.26. The molecule has 2 heterocycles. The number of furan rings is 1. The van der Waals surface area contributed by atoms with E-state index in [0.29, 0.717) is 37.5 Å². The molecule has 1 N–H and O–H groups in total. The van der Waals surface area contributed by atoms with Crippen LogP contribution in [0.25, 0.3) is 0 Å². The minimum Gasteiger partial charge on any atom is -0.497 e. The summed E-state index contributed by atoms with van der Waals surface area (Å²) in [7, 11) is 1.52. The third-order valence-electron chi connectivity index (χ3n) is 4.75. The summed E-state index contributed by atoms with van der Waals surface area (Å²) in [6, 6.07) is 9.63. The van der Waals surface area contributed by atoms with Gasteiger partial charge in [-0.3, -0.25) is 19.2 Å². The van der Waals surface area contributed by atoms with Gasteiger partial charge in [-0.1, -0.05) is 0 Å². The second-order valence-corrected chi connectivity index (χ2v) is 6.72. The smallest absolute Gasteiger partial charge is 0.325 e. The Hall–Kier alpha value is -3.82. The molecule has 10 nitrogen and oxygen atoms in total. The van der Waals surface area contributed by atoms with E-state index in [4.69, 9.17) is 13.9 Å². The van der Waals surface area contributed by atoms with Gasteiger partial charge in [0.1, 0.15) is 12.3 Å². The molecule has 1 aromatic heterocycles. The van der Waals surface area contributed by atoms with E-state index in [1.165, 1.54) is 18.3 Å². The highest BCUT2D eigenvalue weighted by Gasteiger charge is 2.26. The van der Waals surface area contributed by atoms with E-state index in [1.54, 1.807) is 41.3 Å². The van der Waals surface area contributed by atoms with Crippen molar-refractivity contribution in [1.29, 1.82) is 0 Å². The molecule has 1 aromatic carbocycles. The monoisotopic (exact) mass is 429 g/mol. The highest BCUT2D eigenvalue weighted by Crippen LogP contribution is 2.11. The van der Waals surface area contributed by atoms with E-state index in [9.17, 15) is 19.2 Å². The second-order valence-electron chi connectivity index (χ2n) is 6.72. The fourth-order valence-electron chi connectivity index (χ4n) is 3.00. The number of ether oxygens (including phenoxy) is 2. The number of rotatable bonds is 7. The molecule has 10 heteroatoms. The van der Waals surface area contributed by atoms with Gasteiger partial charge in [-0.25, -0.2) is 0 Å². The minimum atomic E-state index is -0.721. The molecule has 1 fully saturated rings. The molecule has 1 aliphatic heterocycles. The summed E-state index contributed by atoms with van der Waals surface area (Å²) >= 11 is 0. The average molecular weight is 429 g/mol. The third-order valence-corrected chi connectivity index (χ3v) is 4.75. The van der Waals surface area contributed by atoms with Crippen LogP contribution in [0.5, 0.6) is 5.75 Å². The fourth-order valence-corrected chi connectivity index (χ4v) is 3.00. The molecule has 3 amide bonds. The van der Waals surface area contributed by atoms with Gasteiger partial charge in [-0.05, 0) is 36.4 Å². The number of carbonyl (C=O) groups excluding carboxylic acids is 4. The number of esters is 1. The lowest BCUT2D eigenvalue weighted by molar-refractivity contribution is -0.151. The maximum absolute atomic E-state index is 12.3. The Morgan fingerprint density at radius 3 is 2.29 bits per heavy atom. The van der Waals surface area contributed by atoms with Crippen LogP contribution < -0.4 is 10.1 Å². The number of methoxy groups -OCH3 is 1. The first-order chi connectivity index (χ1) is 15.0. The molecular formula is C21H23N3O7. The molecule has 0 unspecified atom stereocenters. The van der Waals surface area contributed by atoms with Crippen LogP contribution in [-0.4, -0.2) is 79.9 Å². The molecule has 1 saturated heterocycles. The van der Waals surface area contributed by atoms with Crippen LogP contribution in [0.4, 0.5) is 0 Å². The van der Waals surface area contributed by atoms with Crippen LogP contribution in [0.2, 0.25) is 0 Å². The number of hydrogen-bond donors (Lipinski definition) is 1. The number of benzene rings is 1. The molecule has 0 spiro atoms. The summed E-state index contributed by atoms with van der Waals surface area (Å²) < 4.78 is 15.1. The maximum atomic E-state index is 12.3. The Morgan fingerprint density at radius 2 is 1.68 bits per heavy atom. The number of hydrogen-bond acceptors (Lipinski definition) is 7. The first-order valence-electron chi connectivity index (χ1n) is 9.66. The van der Waals surface area contributed by atoms with Crippen molar-refractivity contribution in [3.8, 4) is 5.75 Å². The van der Waals surface area contributed by atoms with Gasteiger partial charge in [0.05, 0.1) is 13.4 Å². The predicted octanol–water partition coefficient (Wildman–Crippen LogP) is 0.546. The van der Waals surface area contributed by atoms with E-state index in [1.807, 2.05) is 0 Å². The zero-order valence-corrected chi connectivity index (χ0v) is 17.0. The molecule has 3 rings (SSSR count). The van der Waals surface area contributed by atoms with Crippen LogP contribution in [-0.2, 0) is 14.3 Å². The SMILES string of the molecule is COc1ccc(C(=O)NCC(=O)OCC(=O)N2CCN(C(=O)c3ccco3)CC2)cc1. The Morgan fingerprint density at radius 1 is 1.00 bits per heavy atom. The van der Waals surface area contributed by atoms with Crippen LogP contribution >= 0.6 is 0 Å². The van der Waals surface area contributed by atoms with E-state index in [0.717, 1.165) is 0 Å². The molecule has 164 valence electrons. The van der Waals surface area contributed by atoms with Gasteiger partial charge in [0.25, 0.3) is 17.7 Å². The van der Waals surface area contributed by atoms with Gasteiger partial charge in [-0.15, -0.1) is 0 Å². The summed E-state index contributed by atoms with van der Waals surface area (Å²) in [5.41, 5.74) is 0.367. The number of carbonyl (C=O) groups is 4. The molecule has 1 aliphatic rings. The second kappa shape index (κ2) is 10.3. The summed E-state index contributed by atoms with van der Waals surface area (Å²) in [4.78, 5) is 51.5. The van der Waals surface area contributed by atoms with Gasteiger partial charge < -0.3 is 29.0 Å². The van der Waals surface area contributed by atoms with Gasteiger partial charge in [0.15, 0.2) is 12.4 Å². The lowest BCUT2D eigenvalue weighted by atomic mass is 10.2. The average Bonchev–Trinajstić information content (AvgIpc) is 3.35. The topological polar surface area (TPSA) is 118 Å². The molecule has 31 heavy (non-hydrogen) atoms. The van der Waals surface area contributed by atoms with Crippen molar-refractivity contribution in [2.45, 2.75) is 0 Å². The maximum Gasteiger partial charge on any atom is 0.325 e. The van der Waals surface area contributed by atoms with Gasteiger partial charge in [0.2, 0.25) is 0 Å². The van der Waals surface area contributed by atoms with Crippen molar-refractivity contribution in [2.24, 2.45) is 0 Å². The molecule has 0 aliphatic carbocycles. The van der Waals surface area contributed by atoms with Crippen molar-refractivity contribution < 1.29 is 33.1 Å². The number of nitrogens with zero attached hydrogens (tertiary/aromatic N) is 2. The molecule has 0 bridgehead atoms. The van der Waals surface area contributed by atoms with Crippen LogP contribution in [0.1, 0.15) is 20.9 Å². The largest absolute Gasteiger partial charge is 0.497 e. The van der Waals surface area contributed by atoms with E-state index in [-0.39, 0.29) is 24.1 Å². The van der Waals surface area contributed by atoms with Crippen LogP contribution in [0, 0.1) is 0 Å². The summed E-state index contributed by atoms with van der Waals surface area (Å²) in [6.07, 6.45) is 1.43. The van der Waals surface area contributed by atoms with Crippen molar-refractivity contribution in [3.63, 3.8) is 0 Å². The summed E-state index contributed by atoms with van der Waals surface area (Å²) in [5, 5.41) is 2.44. The third kappa shape index (κ3) is 5.84. The van der Waals surface area contributed by atoms with Crippen LogP contribution in [0.3, 0.4) is 0 Å². The van der Waals surface area contributed by atoms with E-state index < -0.39 is 18.5 Å². The molecule has 0 radical (unpaired) electrons. The minimum absolute atomic E-state index is 0.226. The van der Waals surface area contributed by atoms with Crippen molar-refractivity contribution in [1.82, 2.24) is 15.1 Å². The number of piperazine rings is 1. The quantitative estimate of drug-likeness (QED) is 0.639. The standard InChI is InChI=1S/C21H23N3O7/c1-29-16-6-4-15(5-7-16)20(27)22-13-19(26)31-14-18(25)23-8-10-24(11-9-23)21(28)17-3-2-12-30-17/h2-7,12H,8-11,13-14H2,1H3,(H,22,27). The van der Waals surface area contributed by atoms with Gasteiger partial charge in [0, 0.05) is 31.7 Å². The fraction of sp³-hybridized carbons (Fsp3) is 0.333. The molecule has 2 aromatic rings. The first kappa shape index (κ1) is 21.9. The van der Waals surface area contributed by atoms with Crippen molar-refractivity contribution in [2.75, 3.05) is 46.4 Å². The Balaban J connectivity index is 1.36. The highest BCUT2D eigenvalue weighted by atomic mass is 16.5. The van der Waals surface area contributed by atoms with Crippen molar-refractivity contribution in [3.05, 3.63) is 54.0 Å². The Labute approximate surface area is 178 Å². The van der Waals surface area contributed by atoms with E-state index >= 15 is 0 Å². The lowest BCUT2D eigenvalue weighted by Crippen LogP contribution is -2.51. The zero-order chi connectivity index (χ0) is 22.2. The Bertz CT molecular complexity index is 917. The molecule has 0 saturated carbocycles. The van der Waals surface area contributed by atoms with Gasteiger partial charge >= 0.3 is 5.97 Å². The normalized spacial score (nSPS) is 13.5. The van der Waals surface area contributed by atoms with Crippen LogP contribution in [0.15, 0.2) is 47.1 Å². The van der Waals surface area contributed by atoms with Crippen molar-refractivity contribution >= 4 is 23.7 Å². The highest BCUT2D eigenvalue weighted by molar-refractivity contribution is 5.96. The zero-order valence-electron chi connectivity index (χ0n) is 17.0. The predicted molar refractivity (Wildman–Crippen MR) is 107 cm³/mol. The summed E-state index contributed by atoms with van der Waals surface area (Å²) in [5.74, 6) is -0.882. The van der Waals surface area contributed by atoms with E-state index in [2.05, 4.69) is 5.32 Å². The first-order valence-corrected chi connectivity index (χ1v) is 9.66. The molecular weight excluding hydrogens is 406 g/mol. The summed E-state index contributed by atoms with van der Waals surface area (Å²) in [6.45, 7) is 0.593. The molecule has 0 atom stereocenters. The number of amides is 3. The number of nitrogens with one attached hydrogen (secondary N) is 1. The lowest BCUT2D eigenvalue weighted by Gasteiger charge is -2.34. The van der Waals surface area contributed by atoms with Gasteiger partial charge in [-0.2, -0.15) is 0 Å².